The van der Waals surface area contributed by atoms with Gasteiger partial charge >= 0.3 is 6.18 Å². The largest absolute Gasteiger partial charge is 0.497 e. The van der Waals surface area contributed by atoms with Crippen molar-refractivity contribution in [1.82, 2.24) is 19.7 Å². The number of aromatic nitrogens is 1. The molecule has 2 aliphatic heterocycles. The van der Waals surface area contributed by atoms with Crippen LogP contribution in [-0.2, 0) is 22.9 Å². The van der Waals surface area contributed by atoms with Gasteiger partial charge in [0.15, 0.2) is 0 Å². The van der Waals surface area contributed by atoms with Crippen molar-refractivity contribution in [3.05, 3.63) is 64.3 Å². The Labute approximate surface area is 250 Å². The highest BCUT2D eigenvalue weighted by Gasteiger charge is 2.48. The lowest BCUT2D eigenvalue weighted by Gasteiger charge is -2.50. The topological polar surface area (TPSA) is 68.9 Å². The standard InChI is InChI=1S/C33H39F3N4O3/c1-20-29-28(25-11-10-24(43-4)17-27(25)37-29)32(12-14-39(15-13-32)31(42)21-6-5-7-21)19-40(20)18-23-9-8-22(30(41)38(2)3)16-26(23)33(34,35)36/h8-11,16-17,20-21,37H,5-7,12-15,18-19H2,1-4H3. The number of H-pyrrole nitrogens is 1. The summed E-state index contributed by atoms with van der Waals surface area (Å²) in [5, 5.41) is 1.10. The van der Waals surface area contributed by atoms with Crippen LogP contribution in [-0.4, -0.2) is 72.3 Å². The van der Waals surface area contributed by atoms with Gasteiger partial charge in [-0.15, -0.1) is 0 Å². The van der Waals surface area contributed by atoms with Gasteiger partial charge in [-0.2, -0.15) is 13.2 Å². The maximum absolute atomic E-state index is 14.4. The first-order valence-electron chi connectivity index (χ1n) is 15.1. The number of amides is 2. The predicted molar refractivity (Wildman–Crippen MR) is 158 cm³/mol. The summed E-state index contributed by atoms with van der Waals surface area (Å²) in [6.45, 7) is 3.95. The summed E-state index contributed by atoms with van der Waals surface area (Å²) in [4.78, 5) is 34.6. The van der Waals surface area contributed by atoms with Crippen LogP contribution in [0.4, 0.5) is 13.2 Å². The van der Waals surface area contributed by atoms with Crippen LogP contribution in [0.5, 0.6) is 5.75 Å². The number of alkyl halides is 3. The van der Waals surface area contributed by atoms with E-state index in [2.05, 4.69) is 16.0 Å². The lowest BCUT2D eigenvalue weighted by atomic mass is 9.68. The fourth-order valence-corrected chi connectivity index (χ4v) is 7.25. The minimum atomic E-state index is -4.61. The Morgan fingerprint density at radius 1 is 1.09 bits per heavy atom. The quantitative estimate of drug-likeness (QED) is 0.385. The third-order valence-corrected chi connectivity index (χ3v) is 9.96. The number of carbonyl (C=O) groups excluding carboxylic acids is 2. The fraction of sp³-hybridized carbons (Fsp3) is 0.515. The second kappa shape index (κ2) is 10.9. The second-order valence-electron chi connectivity index (χ2n) is 12.7. The number of ether oxygens (including phenoxy) is 1. The summed E-state index contributed by atoms with van der Waals surface area (Å²) in [6, 6.07) is 9.72. The number of likely N-dealkylation sites (tertiary alicyclic amines) is 1. The molecule has 3 aliphatic rings. The first-order valence-corrected chi connectivity index (χ1v) is 15.1. The van der Waals surface area contributed by atoms with Crippen LogP contribution in [0.2, 0.25) is 0 Å². The van der Waals surface area contributed by atoms with E-state index in [1.54, 1.807) is 7.11 Å². The Bertz CT molecular complexity index is 1550. The number of halogens is 3. The minimum absolute atomic E-state index is 0.0135. The van der Waals surface area contributed by atoms with E-state index in [1.165, 1.54) is 36.7 Å². The van der Waals surface area contributed by atoms with Gasteiger partial charge in [0.1, 0.15) is 5.75 Å². The van der Waals surface area contributed by atoms with Crippen molar-refractivity contribution in [2.45, 2.75) is 63.2 Å². The highest BCUT2D eigenvalue weighted by molar-refractivity contribution is 5.94. The van der Waals surface area contributed by atoms with Gasteiger partial charge in [-0.1, -0.05) is 12.5 Å². The molecule has 1 unspecified atom stereocenters. The minimum Gasteiger partial charge on any atom is -0.497 e. The molecule has 3 heterocycles. The van der Waals surface area contributed by atoms with Crippen molar-refractivity contribution in [2.24, 2.45) is 5.92 Å². The van der Waals surface area contributed by atoms with E-state index in [0.29, 0.717) is 19.6 Å². The predicted octanol–water partition coefficient (Wildman–Crippen LogP) is 6.13. The Morgan fingerprint density at radius 3 is 2.42 bits per heavy atom. The van der Waals surface area contributed by atoms with E-state index in [1.807, 2.05) is 24.0 Å². The molecule has 2 aromatic carbocycles. The number of aromatic amines is 1. The summed E-state index contributed by atoms with van der Waals surface area (Å²) in [6.07, 6.45) is -0.106. The smallest absolute Gasteiger partial charge is 0.416 e. The lowest BCUT2D eigenvalue weighted by molar-refractivity contribution is -0.140. The number of nitrogens with one attached hydrogen (secondary N) is 1. The van der Waals surface area contributed by atoms with Crippen molar-refractivity contribution in [3.8, 4) is 5.75 Å². The molecule has 0 bridgehead atoms. The molecule has 1 saturated carbocycles. The molecule has 1 aliphatic carbocycles. The zero-order chi connectivity index (χ0) is 30.7. The number of piperidine rings is 1. The van der Waals surface area contributed by atoms with E-state index in [-0.39, 0.29) is 41.0 Å². The number of hydrogen-bond acceptors (Lipinski definition) is 4. The summed E-state index contributed by atoms with van der Waals surface area (Å²) in [5.41, 5.74) is 2.20. The lowest BCUT2D eigenvalue weighted by Crippen LogP contribution is -2.54. The van der Waals surface area contributed by atoms with Crippen molar-refractivity contribution < 1.29 is 27.5 Å². The van der Waals surface area contributed by atoms with Crippen LogP contribution in [0.1, 0.15) is 77.8 Å². The summed E-state index contributed by atoms with van der Waals surface area (Å²) in [7, 11) is 4.67. The van der Waals surface area contributed by atoms with Gasteiger partial charge < -0.3 is 19.5 Å². The molecule has 1 N–H and O–H groups in total. The molecular weight excluding hydrogens is 557 g/mol. The normalized spacial score (nSPS) is 20.6. The van der Waals surface area contributed by atoms with Gasteiger partial charge in [0.2, 0.25) is 5.91 Å². The number of hydrogen-bond donors (Lipinski definition) is 1. The van der Waals surface area contributed by atoms with Gasteiger partial charge in [0.25, 0.3) is 5.91 Å². The Morgan fingerprint density at radius 2 is 1.81 bits per heavy atom. The molecule has 1 aromatic heterocycles. The average molecular weight is 597 g/mol. The van der Waals surface area contributed by atoms with Gasteiger partial charge in [-0.05, 0) is 68.0 Å². The molecule has 7 nitrogen and oxygen atoms in total. The Kier molecular flexibility index (Phi) is 7.47. The molecule has 43 heavy (non-hydrogen) atoms. The third kappa shape index (κ3) is 5.17. The number of rotatable bonds is 5. The summed E-state index contributed by atoms with van der Waals surface area (Å²) < 4.78 is 48.6. The molecule has 3 aromatic rings. The van der Waals surface area contributed by atoms with Gasteiger partial charge in [-0.25, -0.2) is 0 Å². The van der Waals surface area contributed by atoms with E-state index >= 15 is 0 Å². The highest BCUT2D eigenvalue weighted by atomic mass is 19.4. The van der Waals surface area contributed by atoms with Crippen LogP contribution < -0.4 is 4.74 Å². The summed E-state index contributed by atoms with van der Waals surface area (Å²) in [5.74, 6) is 0.640. The molecular formula is C33H39F3N4O3. The van der Waals surface area contributed by atoms with Gasteiger partial charge in [0, 0.05) is 85.9 Å². The van der Waals surface area contributed by atoms with E-state index in [4.69, 9.17) is 4.74 Å². The zero-order valence-corrected chi connectivity index (χ0v) is 25.2. The monoisotopic (exact) mass is 596 g/mol. The highest BCUT2D eigenvalue weighted by Crippen LogP contribution is 2.50. The molecule has 230 valence electrons. The molecule has 6 rings (SSSR count). The van der Waals surface area contributed by atoms with Crippen LogP contribution in [0.25, 0.3) is 10.9 Å². The maximum Gasteiger partial charge on any atom is 0.416 e. The van der Waals surface area contributed by atoms with E-state index < -0.39 is 17.6 Å². The number of benzene rings is 2. The van der Waals surface area contributed by atoms with Crippen molar-refractivity contribution in [3.63, 3.8) is 0 Å². The molecule has 1 saturated heterocycles. The van der Waals surface area contributed by atoms with Crippen LogP contribution in [0, 0.1) is 5.92 Å². The van der Waals surface area contributed by atoms with Crippen molar-refractivity contribution in [1.29, 1.82) is 0 Å². The van der Waals surface area contributed by atoms with Crippen molar-refractivity contribution in [2.75, 3.05) is 40.8 Å². The fourth-order valence-electron chi connectivity index (χ4n) is 7.25. The first kappa shape index (κ1) is 29.5. The van der Waals surface area contributed by atoms with Gasteiger partial charge in [0.05, 0.1) is 12.7 Å². The molecule has 2 fully saturated rings. The third-order valence-electron chi connectivity index (χ3n) is 9.96. The second-order valence-corrected chi connectivity index (χ2v) is 12.7. The van der Waals surface area contributed by atoms with Crippen LogP contribution >= 0.6 is 0 Å². The molecule has 1 spiro atoms. The molecule has 0 radical (unpaired) electrons. The van der Waals surface area contributed by atoms with E-state index in [0.717, 1.165) is 60.5 Å². The number of carbonyl (C=O) groups is 2. The van der Waals surface area contributed by atoms with E-state index in [9.17, 15) is 22.8 Å². The maximum atomic E-state index is 14.4. The SMILES string of the molecule is COc1ccc2c3c([nH]c2c1)C(C)N(Cc1ccc(C(=O)N(C)C)cc1C(F)(F)F)CC31CCN(C(=O)C2CCC2)CC1. The molecule has 1 atom stereocenters. The molecule has 10 heteroatoms. The Balaban J connectivity index is 1.38. The van der Waals surface area contributed by atoms with Crippen LogP contribution in [0.15, 0.2) is 36.4 Å². The van der Waals surface area contributed by atoms with Crippen molar-refractivity contribution >= 4 is 22.7 Å². The van der Waals surface area contributed by atoms with Gasteiger partial charge in [-0.3, -0.25) is 14.5 Å². The number of fused-ring (bicyclic) bond motifs is 4. The van der Waals surface area contributed by atoms with Crippen LogP contribution in [0.3, 0.4) is 0 Å². The zero-order valence-electron chi connectivity index (χ0n) is 25.2. The first-order chi connectivity index (χ1) is 20.4. The Hall–Kier alpha value is -3.53. The molecule has 2 amide bonds. The summed E-state index contributed by atoms with van der Waals surface area (Å²) >= 11 is 0. The number of methoxy groups -OCH3 is 1. The number of nitrogens with zero attached hydrogens (tertiary/aromatic N) is 3. The average Bonchev–Trinajstić information content (AvgIpc) is 3.34.